The van der Waals surface area contributed by atoms with Gasteiger partial charge in [-0.1, -0.05) is 3.89 Å². The van der Waals surface area contributed by atoms with Crippen molar-refractivity contribution in [2.75, 3.05) is 5.32 Å². The highest BCUT2D eigenvalue weighted by molar-refractivity contribution is 7.81. The van der Waals surface area contributed by atoms with E-state index < -0.39 is 10.5 Å². The fourth-order valence-electron chi connectivity index (χ4n) is 3.33. The van der Waals surface area contributed by atoms with Gasteiger partial charge in [0.1, 0.15) is 5.75 Å². The molecule has 0 bridgehead atoms. The van der Waals surface area contributed by atoms with Gasteiger partial charge >= 0.3 is 10.5 Å². The molecule has 1 aliphatic heterocycles. The number of ether oxygens (including phenoxy) is 1. The lowest BCUT2D eigenvalue weighted by Gasteiger charge is -2.47. The normalized spacial score (nSPS) is 22.6. The molecule has 1 amide bonds. The van der Waals surface area contributed by atoms with Gasteiger partial charge in [0.15, 0.2) is 0 Å². The number of hydrogen-bond donors (Lipinski definition) is 1. The summed E-state index contributed by atoms with van der Waals surface area (Å²) < 4.78 is 43.4. The standard InChI is InChI=1S/C16H20FNO5S/c17-24(20,21)23-13-6-4-12(5-7-13)18-15(19)11-14-3-1-8-16(22-14)9-2-10-16/h4-7,14H,1-3,8-11H2,(H,18,19). The van der Waals surface area contributed by atoms with Crippen LogP contribution >= 0.6 is 0 Å². The second kappa shape index (κ2) is 6.68. The number of rotatable bonds is 5. The minimum Gasteiger partial charge on any atom is -0.371 e. The summed E-state index contributed by atoms with van der Waals surface area (Å²) in [6.45, 7) is 0. The Balaban J connectivity index is 1.51. The Hall–Kier alpha value is -1.67. The summed E-state index contributed by atoms with van der Waals surface area (Å²) >= 11 is 0. The minimum atomic E-state index is -5.04. The largest absolute Gasteiger partial charge is 0.488 e. The molecule has 2 fully saturated rings. The Morgan fingerprint density at radius 3 is 2.50 bits per heavy atom. The van der Waals surface area contributed by atoms with Crippen LogP contribution in [0.2, 0.25) is 0 Å². The monoisotopic (exact) mass is 357 g/mol. The van der Waals surface area contributed by atoms with Gasteiger partial charge in [-0.15, -0.1) is 0 Å². The van der Waals surface area contributed by atoms with E-state index in [0.717, 1.165) is 32.1 Å². The quantitative estimate of drug-likeness (QED) is 0.819. The van der Waals surface area contributed by atoms with Crippen molar-refractivity contribution in [3.05, 3.63) is 24.3 Å². The molecule has 0 aromatic heterocycles. The van der Waals surface area contributed by atoms with Crippen LogP contribution in [0.3, 0.4) is 0 Å². The van der Waals surface area contributed by atoms with Gasteiger partial charge in [-0.2, -0.15) is 8.42 Å². The number of amides is 1. The molecule has 132 valence electrons. The van der Waals surface area contributed by atoms with Crippen molar-refractivity contribution in [2.45, 2.75) is 56.7 Å². The zero-order valence-electron chi connectivity index (χ0n) is 13.2. The van der Waals surface area contributed by atoms with Crippen LogP contribution in [0.5, 0.6) is 5.75 Å². The van der Waals surface area contributed by atoms with Crippen molar-refractivity contribution < 1.29 is 26.0 Å². The first-order valence-electron chi connectivity index (χ1n) is 8.05. The molecule has 1 saturated heterocycles. The predicted octanol–water partition coefficient (Wildman–Crippen LogP) is 3.10. The van der Waals surface area contributed by atoms with E-state index in [0.29, 0.717) is 12.1 Å². The summed E-state index contributed by atoms with van der Waals surface area (Å²) in [7, 11) is -5.04. The van der Waals surface area contributed by atoms with Gasteiger partial charge in [-0.25, -0.2) is 0 Å². The van der Waals surface area contributed by atoms with Gasteiger partial charge in [-0.05, 0) is 62.8 Å². The van der Waals surface area contributed by atoms with E-state index in [2.05, 4.69) is 9.50 Å². The van der Waals surface area contributed by atoms with E-state index >= 15 is 0 Å². The number of nitrogens with one attached hydrogen (secondary N) is 1. The smallest absolute Gasteiger partial charge is 0.371 e. The van der Waals surface area contributed by atoms with Gasteiger partial charge in [0.2, 0.25) is 5.91 Å². The summed E-state index contributed by atoms with van der Waals surface area (Å²) in [6.07, 6.45) is 6.66. The molecule has 24 heavy (non-hydrogen) atoms. The van der Waals surface area contributed by atoms with Crippen molar-refractivity contribution in [1.82, 2.24) is 0 Å². The van der Waals surface area contributed by atoms with E-state index in [1.807, 2.05) is 0 Å². The molecule has 1 N–H and O–H groups in total. The van der Waals surface area contributed by atoms with E-state index in [9.17, 15) is 17.1 Å². The molecular weight excluding hydrogens is 337 g/mol. The molecule has 3 rings (SSSR count). The molecule has 6 nitrogen and oxygen atoms in total. The van der Waals surface area contributed by atoms with Crippen LogP contribution in [0.15, 0.2) is 24.3 Å². The average molecular weight is 357 g/mol. The lowest BCUT2D eigenvalue weighted by molar-refractivity contribution is -0.172. The maximum absolute atomic E-state index is 12.4. The summed E-state index contributed by atoms with van der Waals surface area (Å²) in [5.41, 5.74) is 0.498. The van der Waals surface area contributed by atoms with Crippen molar-refractivity contribution >= 4 is 22.1 Å². The van der Waals surface area contributed by atoms with Crippen LogP contribution in [-0.4, -0.2) is 26.0 Å². The zero-order chi connectivity index (χ0) is 17.2. The fraction of sp³-hybridized carbons (Fsp3) is 0.562. The van der Waals surface area contributed by atoms with Crippen LogP contribution in [0, 0.1) is 0 Å². The summed E-state index contributed by atoms with van der Waals surface area (Å²) in [5, 5.41) is 2.72. The number of anilines is 1. The van der Waals surface area contributed by atoms with Crippen LogP contribution in [0.25, 0.3) is 0 Å². The Morgan fingerprint density at radius 1 is 1.25 bits per heavy atom. The molecule has 8 heteroatoms. The minimum absolute atomic E-state index is 0.0139. The van der Waals surface area contributed by atoms with Crippen LogP contribution in [0.1, 0.15) is 44.9 Å². The van der Waals surface area contributed by atoms with E-state index in [4.69, 9.17) is 4.74 Å². The second-order valence-corrected chi connectivity index (χ2v) is 7.37. The van der Waals surface area contributed by atoms with Crippen LogP contribution in [0.4, 0.5) is 9.57 Å². The molecule has 0 radical (unpaired) electrons. The summed E-state index contributed by atoms with van der Waals surface area (Å²) in [4.78, 5) is 12.1. The Morgan fingerprint density at radius 2 is 1.92 bits per heavy atom. The van der Waals surface area contributed by atoms with Gasteiger partial charge in [0, 0.05) is 5.69 Å². The van der Waals surface area contributed by atoms with Gasteiger partial charge in [0.25, 0.3) is 0 Å². The third kappa shape index (κ3) is 4.45. The maximum Gasteiger partial charge on any atom is 0.488 e. The lowest BCUT2D eigenvalue weighted by atomic mass is 9.74. The molecule has 1 spiro atoms. The first-order valence-corrected chi connectivity index (χ1v) is 9.36. The number of hydrogen-bond acceptors (Lipinski definition) is 5. The average Bonchev–Trinajstić information content (AvgIpc) is 2.46. The molecule has 1 aromatic carbocycles. The first kappa shape index (κ1) is 17.2. The highest BCUT2D eigenvalue weighted by Gasteiger charge is 2.42. The first-order chi connectivity index (χ1) is 11.3. The molecule has 1 aliphatic carbocycles. The second-order valence-electron chi connectivity index (χ2n) is 6.42. The number of carbonyl (C=O) groups excluding carboxylic acids is 1. The Kier molecular flexibility index (Phi) is 4.78. The molecule has 1 saturated carbocycles. The zero-order valence-corrected chi connectivity index (χ0v) is 14.0. The fourth-order valence-corrected chi connectivity index (χ4v) is 3.67. The molecular formula is C16H20FNO5S. The van der Waals surface area contributed by atoms with Crippen molar-refractivity contribution in [2.24, 2.45) is 0 Å². The number of carbonyl (C=O) groups is 1. The van der Waals surface area contributed by atoms with Crippen molar-refractivity contribution in [3.8, 4) is 5.75 Å². The summed E-state index contributed by atoms with van der Waals surface area (Å²) in [5.74, 6) is -0.318. The number of benzene rings is 1. The topological polar surface area (TPSA) is 81.7 Å². The van der Waals surface area contributed by atoms with E-state index in [1.165, 1.54) is 30.7 Å². The molecule has 1 heterocycles. The SMILES string of the molecule is O=C(CC1CCCC2(CCC2)O1)Nc1ccc(OS(=O)(=O)F)cc1. The Bertz CT molecular complexity index is 700. The number of halogens is 1. The highest BCUT2D eigenvalue weighted by Crippen LogP contribution is 2.44. The third-order valence-electron chi connectivity index (χ3n) is 4.59. The van der Waals surface area contributed by atoms with Gasteiger partial charge in [-0.3, -0.25) is 4.79 Å². The predicted molar refractivity (Wildman–Crippen MR) is 85.7 cm³/mol. The maximum atomic E-state index is 12.4. The highest BCUT2D eigenvalue weighted by atomic mass is 32.3. The van der Waals surface area contributed by atoms with Crippen LogP contribution in [-0.2, 0) is 20.0 Å². The molecule has 1 unspecified atom stereocenters. The van der Waals surface area contributed by atoms with Gasteiger partial charge < -0.3 is 14.2 Å². The third-order valence-corrected chi connectivity index (χ3v) is 4.98. The van der Waals surface area contributed by atoms with Gasteiger partial charge in [0.05, 0.1) is 18.1 Å². The Labute approximate surface area is 140 Å². The lowest BCUT2D eigenvalue weighted by Crippen LogP contribution is -2.46. The summed E-state index contributed by atoms with van der Waals surface area (Å²) in [6, 6.07) is 5.45. The van der Waals surface area contributed by atoms with Crippen LogP contribution < -0.4 is 9.50 Å². The van der Waals surface area contributed by atoms with Crippen molar-refractivity contribution in [3.63, 3.8) is 0 Å². The molecule has 2 aliphatic rings. The van der Waals surface area contributed by atoms with Crippen molar-refractivity contribution in [1.29, 1.82) is 0 Å². The van der Waals surface area contributed by atoms with E-state index in [1.54, 1.807) is 0 Å². The van der Waals surface area contributed by atoms with E-state index in [-0.39, 0.29) is 23.4 Å². The molecule has 1 atom stereocenters. The molecule has 1 aromatic rings.